The van der Waals surface area contributed by atoms with Gasteiger partial charge in [0.15, 0.2) is 0 Å². The van der Waals surface area contributed by atoms with E-state index in [1.807, 2.05) is 20.8 Å². The van der Waals surface area contributed by atoms with Crippen molar-refractivity contribution in [1.29, 1.82) is 0 Å². The van der Waals surface area contributed by atoms with Crippen LogP contribution in [0.3, 0.4) is 0 Å². The SMILES string of the molecule is CC(C)(C)NCCC(=O)Cc1c(F)cccc1F. The molecule has 1 aromatic rings. The van der Waals surface area contributed by atoms with E-state index < -0.39 is 11.6 Å². The molecule has 0 amide bonds. The molecule has 0 aromatic heterocycles. The summed E-state index contributed by atoms with van der Waals surface area (Å²) < 4.78 is 26.6. The van der Waals surface area contributed by atoms with Gasteiger partial charge in [0, 0.05) is 30.5 Å². The van der Waals surface area contributed by atoms with Gasteiger partial charge < -0.3 is 5.32 Å². The molecule has 100 valence electrons. The van der Waals surface area contributed by atoms with Crippen molar-refractivity contribution in [2.75, 3.05) is 6.54 Å². The monoisotopic (exact) mass is 255 g/mol. The van der Waals surface area contributed by atoms with Gasteiger partial charge in [-0.25, -0.2) is 8.78 Å². The van der Waals surface area contributed by atoms with Gasteiger partial charge in [0.05, 0.1) is 0 Å². The summed E-state index contributed by atoms with van der Waals surface area (Å²) in [5.41, 5.74) is -0.206. The third-order valence-corrected chi connectivity index (χ3v) is 2.49. The van der Waals surface area contributed by atoms with Crippen LogP contribution in [-0.2, 0) is 11.2 Å². The van der Waals surface area contributed by atoms with Crippen LogP contribution in [-0.4, -0.2) is 17.9 Å². The smallest absolute Gasteiger partial charge is 0.138 e. The fourth-order valence-corrected chi connectivity index (χ4v) is 1.56. The molecule has 0 bridgehead atoms. The summed E-state index contributed by atoms with van der Waals surface area (Å²) in [6.07, 6.45) is 0.0787. The summed E-state index contributed by atoms with van der Waals surface area (Å²) in [6, 6.07) is 3.62. The Balaban J connectivity index is 2.50. The van der Waals surface area contributed by atoms with Crippen LogP contribution in [0.25, 0.3) is 0 Å². The Kier molecular flexibility index (Phi) is 4.96. The minimum atomic E-state index is -0.660. The molecule has 1 N–H and O–H groups in total. The van der Waals surface area contributed by atoms with Gasteiger partial charge in [-0.2, -0.15) is 0 Å². The molecule has 0 atom stereocenters. The number of nitrogens with one attached hydrogen (secondary N) is 1. The van der Waals surface area contributed by atoms with E-state index in [0.717, 1.165) is 0 Å². The lowest BCUT2D eigenvalue weighted by Crippen LogP contribution is -2.37. The molecule has 0 unspecified atom stereocenters. The van der Waals surface area contributed by atoms with E-state index in [1.54, 1.807) is 0 Å². The van der Waals surface area contributed by atoms with E-state index >= 15 is 0 Å². The lowest BCUT2D eigenvalue weighted by Gasteiger charge is -2.20. The zero-order valence-corrected chi connectivity index (χ0v) is 11.0. The number of rotatable bonds is 5. The summed E-state index contributed by atoms with van der Waals surface area (Å²) in [6.45, 7) is 6.49. The average molecular weight is 255 g/mol. The van der Waals surface area contributed by atoms with Gasteiger partial charge in [0.25, 0.3) is 0 Å². The third kappa shape index (κ3) is 4.92. The minimum absolute atomic E-state index is 0.0659. The molecular weight excluding hydrogens is 236 g/mol. The zero-order chi connectivity index (χ0) is 13.8. The number of halogens is 2. The Morgan fingerprint density at radius 2 is 1.78 bits per heavy atom. The molecule has 1 rings (SSSR count). The number of hydrogen-bond acceptors (Lipinski definition) is 2. The number of carbonyl (C=O) groups is 1. The quantitative estimate of drug-likeness (QED) is 0.876. The van der Waals surface area contributed by atoms with Crippen molar-refractivity contribution in [3.63, 3.8) is 0 Å². The number of hydrogen-bond donors (Lipinski definition) is 1. The molecule has 0 aliphatic rings. The first-order valence-electron chi connectivity index (χ1n) is 5.99. The maximum Gasteiger partial charge on any atom is 0.138 e. The Morgan fingerprint density at radius 1 is 1.22 bits per heavy atom. The molecule has 1 aromatic carbocycles. The second kappa shape index (κ2) is 6.05. The maximum absolute atomic E-state index is 13.3. The van der Waals surface area contributed by atoms with Gasteiger partial charge in [-0.1, -0.05) is 6.07 Å². The van der Waals surface area contributed by atoms with E-state index in [-0.39, 0.29) is 29.7 Å². The van der Waals surface area contributed by atoms with Gasteiger partial charge in [-0.05, 0) is 32.9 Å². The van der Waals surface area contributed by atoms with Gasteiger partial charge in [0.2, 0.25) is 0 Å². The van der Waals surface area contributed by atoms with Gasteiger partial charge in [-0.3, -0.25) is 4.79 Å². The van der Waals surface area contributed by atoms with Crippen molar-refractivity contribution in [1.82, 2.24) is 5.32 Å². The first kappa shape index (κ1) is 14.8. The highest BCUT2D eigenvalue weighted by molar-refractivity contribution is 5.81. The summed E-state index contributed by atoms with van der Waals surface area (Å²) >= 11 is 0. The Morgan fingerprint density at radius 3 is 2.28 bits per heavy atom. The van der Waals surface area contributed by atoms with Crippen molar-refractivity contribution in [2.24, 2.45) is 0 Å². The Bertz CT molecular complexity index is 404. The second-order valence-electron chi connectivity index (χ2n) is 5.34. The van der Waals surface area contributed by atoms with Crippen molar-refractivity contribution < 1.29 is 13.6 Å². The van der Waals surface area contributed by atoms with Crippen LogP contribution in [0.15, 0.2) is 18.2 Å². The third-order valence-electron chi connectivity index (χ3n) is 2.49. The fraction of sp³-hybridized carbons (Fsp3) is 0.500. The van der Waals surface area contributed by atoms with Crippen LogP contribution in [0.2, 0.25) is 0 Å². The van der Waals surface area contributed by atoms with E-state index in [2.05, 4.69) is 5.32 Å². The molecule has 0 radical (unpaired) electrons. The van der Waals surface area contributed by atoms with Crippen molar-refractivity contribution in [3.05, 3.63) is 35.4 Å². The van der Waals surface area contributed by atoms with Gasteiger partial charge in [0.1, 0.15) is 17.4 Å². The molecule has 4 heteroatoms. The van der Waals surface area contributed by atoms with Crippen LogP contribution in [0.5, 0.6) is 0 Å². The van der Waals surface area contributed by atoms with Gasteiger partial charge >= 0.3 is 0 Å². The highest BCUT2D eigenvalue weighted by Gasteiger charge is 2.14. The molecule has 0 spiro atoms. The number of benzene rings is 1. The normalized spacial score (nSPS) is 11.6. The van der Waals surface area contributed by atoms with Crippen LogP contribution < -0.4 is 5.32 Å². The van der Waals surface area contributed by atoms with Crippen molar-refractivity contribution in [3.8, 4) is 0 Å². The molecule has 0 heterocycles. The molecular formula is C14H19F2NO. The Labute approximate surface area is 106 Å². The van der Waals surface area contributed by atoms with Crippen molar-refractivity contribution >= 4 is 5.78 Å². The standard InChI is InChI=1S/C14H19F2NO/c1-14(2,3)17-8-7-10(18)9-11-12(15)5-4-6-13(11)16/h4-6,17H,7-9H2,1-3H3. The van der Waals surface area contributed by atoms with Crippen molar-refractivity contribution in [2.45, 2.75) is 39.2 Å². The first-order valence-corrected chi connectivity index (χ1v) is 5.99. The molecule has 0 aliphatic carbocycles. The van der Waals surface area contributed by atoms with Crippen LogP contribution >= 0.6 is 0 Å². The molecule has 0 fully saturated rings. The highest BCUT2D eigenvalue weighted by atomic mass is 19.1. The molecule has 0 aliphatic heterocycles. The first-order chi connectivity index (χ1) is 8.29. The summed E-state index contributed by atoms with van der Waals surface area (Å²) in [4.78, 5) is 11.6. The number of Topliss-reactive ketones (excluding diaryl/α,β-unsaturated/α-hetero) is 1. The largest absolute Gasteiger partial charge is 0.312 e. The number of ketones is 1. The van der Waals surface area contributed by atoms with Gasteiger partial charge in [-0.15, -0.1) is 0 Å². The molecule has 2 nitrogen and oxygen atoms in total. The average Bonchev–Trinajstić information content (AvgIpc) is 2.22. The predicted octanol–water partition coefficient (Wildman–Crippen LogP) is 2.85. The Hall–Kier alpha value is -1.29. The summed E-state index contributed by atoms with van der Waals surface area (Å²) in [7, 11) is 0. The maximum atomic E-state index is 13.3. The second-order valence-corrected chi connectivity index (χ2v) is 5.34. The molecule has 18 heavy (non-hydrogen) atoms. The van der Waals surface area contributed by atoms with Crippen LogP contribution in [0, 0.1) is 11.6 Å². The lowest BCUT2D eigenvalue weighted by molar-refractivity contribution is -0.118. The van der Waals surface area contributed by atoms with Crippen LogP contribution in [0.4, 0.5) is 8.78 Å². The topological polar surface area (TPSA) is 29.1 Å². The summed E-state index contributed by atoms with van der Waals surface area (Å²) in [5, 5.41) is 3.16. The van der Waals surface area contributed by atoms with Crippen LogP contribution in [0.1, 0.15) is 32.8 Å². The number of carbonyl (C=O) groups excluding carboxylic acids is 1. The molecule has 0 saturated carbocycles. The minimum Gasteiger partial charge on any atom is -0.312 e. The van der Waals surface area contributed by atoms with E-state index in [1.165, 1.54) is 18.2 Å². The predicted molar refractivity (Wildman–Crippen MR) is 67.4 cm³/mol. The molecule has 0 saturated heterocycles. The van der Waals surface area contributed by atoms with E-state index in [9.17, 15) is 13.6 Å². The highest BCUT2D eigenvalue weighted by Crippen LogP contribution is 2.13. The zero-order valence-electron chi connectivity index (χ0n) is 11.0. The summed E-state index contributed by atoms with van der Waals surface area (Å²) in [5.74, 6) is -1.49. The lowest BCUT2D eigenvalue weighted by atomic mass is 10.0. The fourth-order valence-electron chi connectivity index (χ4n) is 1.56. The van der Waals surface area contributed by atoms with E-state index in [4.69, 9.17) is 0 Å². The van der Waals surface area contributed by atoms with E-state index in [0.29, 0.717) is 6.54 Å².